The largest absolute Gasteiger partial charge is 0.469 e. The van der Waals surface area contributed by atoms with E-state index < -0.39 is 32.5 Å². The summed E-state index contributed by atoms with van der Waals surface area (Å²) in [6.07, 6.45) is 57.1. The molecule has 318 valence electrons. The molecule has 0 heterocycles. The van der Waals surface area contributed by atoms with Gasteiger partial charge in [0.05, 0.1) is 6.61 Å². The first-order valence-corrected chi connectivity index (χ1v) is 23.1. The predicted molar refractivity (Wildman–Crippen MR) is 234 cm³/mol. The van der Waals surface area contributed by atoms with Crippen LogP contribution >= 0.6 is 7.82 Å². The zero-order chi connectivity index (χ0) is 41.1. The third kappa shape index (κ3) is 43.7. The second kappa shape index (κ2) is 41.6. The molecule has 0 saturated carbocycles. The number of phosphoric ester groups is 1. The molecule has 0 aliphatic heterocycles. The molecule has 0 rings (SSSR count). The molecule has 0 bridgehead atoms. The summed E-state index contributed by atoms with van der Waals surface area (Å²) < 4.78 is 26.3. The molecule has 56 heavy (non-hydrogen) atoms. The van der Waals surface area contributed by atoms with Gasteiger partial charge in [0, 0.05) is 12.8 Å². The van der Waals surface area contributed by atoms with Gasteiger partial charge in [-0.15, -0.1) is 0 Å². The number of rotatable bonds is 38. The number of phosphoric acid groups is 1. The molecule has 0 aromatic heterocycles. The predicted octanol–water partition coefficient (Wildman–Crippen LogP) is 13.4. The summed E-state index contributed by atoms with van der Waals surface area (Å²) in [6.45, 7) is 3.47. The Morgan fingerprint density at radius 3 is 1.36 bits per heavy atom. The van der Waals surface area contributed by atoms with Crippen LogP contribution in [0.1, 0.15) is 168 Å². The summed E-state index contributed by atoms with van der Waals surface area (Å²) >= 11 is 0. The van der Waals surface area contributed by atoms with E-state index in [1.165, 1.54) is 57.8 Å². The topological polar surface area (TPSA) is 119 Å². The minimum atomic E-state index is -4.78. The van der Waals surface area contributed by atoms with Crippen LogP contribution in [0.2, 0.25) is 0 Å². The van der Waals surface area contributed by atoms with E-state index in [-0.39, 0.29) is 19.4 Å². The number of allylic oxidation sites excluding steroid dienone is 16. The molecule has 0 fully saturated rings. The van der Waals surface area contributed by atoms with E-state index in [4.69, 9.17) is 19.3 Å². The Morgan fingerprint density at radius 1 is 0.482 bits per heavy atom. The van der Waals surface area contributed by atoms with Gasteiger partial charge in [0.15, 0.2) is 6.10 Å². The highest BCUT2D eigenvalue weighted by molar-refractivity contribution is 7.46. The monoisotopic (exact) mass is 801 g/mol. The molecule has 8 nitrogen and oxygen atoms in total. The SMILES string of the molecule is CC/C=C\C/C=C\C/C=C\C/C=C\C/C=C\C/C=C\CCC(=O)OC(COC(=O)CCCCCCCCCCC/C=C\C/C=C\CCCCC)COP(=O)(O)O. The molecular formula is C47H77O8P. The smallest absolute Gasteiger partial charge is 0.462 e. The first kappa shape index (κ1) is 53.0. The Morgan fingerprint density at radius 2 is 0.893 bits per heavy atom. The minimum Gasteiger partial charge on any atom is -0.462 e. The number of carbonyl (C=O) groups is 2. The van der Waals surface area contributed by atoms with Crippen molar-refractivity contribution in [3.63, 3.8) is 0 Å². The van der Waals surface area contributed by atoms with Crippen molar-refractivity contribution in [1.29, 1.82) is 0 Å². The fourth-order valence-corrected chi connectivity index (χ4v) is 5.79. The van der Waals surface area contributed by atoms with E-state index in [0.717, 1.165) is 70.6 Å². The van der Waals surface area contributed by atoms with E-state index >= 15 is 0 Å². The van der Waals surface area contributed by atoms with E-state index in [1.807, 2.05) is 12.2 Å². The van der Waals surface area contributed by atoms with Gasteiger partial charge in [-0.05, 0) is 83.5 Å². The fraction of sp³-hybridized carbons (Fsp3) is 0.617. The Balaban J connectivity index is 4.05. The summed E-state index contributed by atoms with van der Waals surface area (Å²) in [6, 6.07) is 0. The van der Waals surface area contributed by atoms with Crippen molar-refractivity contribution in [2.24, 2.45) is 0 Å². The maximum absolute atomic E-state index is 12.4. The second-order valence-electron chi connectivity index (χ2n) is 13.9. The minimum absolute atomic E-state index is 0.0806. The van der Waals surface area contributed by atoms with Crippen molar-refractivity contribution >= 4 is 19.8 Å². The normalized spacial score (nSPS) is 13.4. The number of hydrogen-bond acceptors (Lipinski definition) is 6. The van der Waals surface area contributed by atoms with Crippen LogP contribution in [0.5, 0.6) is 0 Å². The fourth-order valence-electron chi connectivity index (χ4n) is 5.43. The van der Waals surface area contributed by atoms with Gasteiger partial charge in [0.2, 0.25) is 0 Å². The highest BCUT2D eigenvalue weighted by atomic mass is 31.2. The molecule has 0 aliphatic rings. The molecule has 0 aliphatic carbocycles. The average molecular weight is 801 g/mol. The molecule has 0 aromatic carbocycles. The molecule has 0 amide bonds. The van der Waals surface area contributed by atoms with Crippen LogP contribution in [0.3, 0.4) is 0 Å². The van der Waals surface area contributed by atoms with E-state index in [9.17, 15) is 14.2 Å². The molecule has 0 radical (unpaired) electrons. The summed E-state index contributed by atoms with van der Waals surface area (Å²) in [4.78, 5) is 42.9. The summed E-state index contributed by atoms with van der Waals surface area (Å²) in [5.74, 6) is -0.995. The van der Waals surface area contributed by atoms with Crippen LogP contribution in [0, 0.1) is 0 Å². The summed E-state index contributed by atoms with van der Waals surface area (Å²) in [5.41, 5.74) is 0. The zero-order valence-electron chi connectivity index (χ0n) is 35.0. The van der Waals surface area contributed by atoms with Crippen molar-refractivity contribution in [3.8, 4) is 0 Å². The number of carbonyl (C=O) groups excluding carboxylic acids is 2. The lowest BCUT2D eigenvalue weighted by atomic mass is 10.1. The number of esters is 2. The van der Waals surface area contributed by atoms with Crippen LogP contribution in [0.25, 0.3) is 0 Å². The van der Waals surface area contributed by atoms with E-state index in [2.05, 4.69) is 103 Å². The van der Waals surface area contributed by atoms with Gasteiger partial charge in [-0.3, -0.25) is 14.1 Å². The van der Waals surface area contributed by atoms with E-state index in [1.54, 1.807) is 0 Å². The lowest BCUT2D eigenvalue weighted by Crippen LogP contribution is -2.29. The Kier molecular flexibility index (Phi) is 39.3. The van der Waals surface area contributed by atoms with Gasteiger partial charge in [0.25, 0.3) is 0 Å². The van der Waals surface area contributed by atoms with Crippen molar-refractivity contribution in [2.45, 2.75) is 174 Å². The maximum Gasteiger partial charge on any atom is 0.469 e. The molecule has 1 unspecified atom stereocenters. The van der Waals surface area contributed by atoms with Gasteiger partial charge in [0.1, 0.15) is 6.61 Å². The first-order chi connectivity index (χ1) is 27.3. The number of hydrogen-bond donors (Lipinski definition) is 2. The zero-order valence-corrected chi connectivity index (χ0v) is 35.9. The molecule has 9 heteroatoms. The van der Waals surface area contributed by atoms with Crippen molar-refractivity contribution in [2.75, 3.05) is 13.2 Å². The maximum atomic E-state index is 12.4. The standard InChI is InChI=1S/C47H77O8P/c1-3-5-7-9-11-13-15-17-19-21-23-25-27-29-31-33-35-37-39-41-46(48)53-43-45(44-54-56(50,51)52)55-47(49)42-40-38-36-34-32-30-28-26-24-22-20-18-16-14-12-10-8-6-4-2/h6,8,11-14,17-20,24,26,30,32,36,38,45H,3-5,7,9-10,15-16,21-23,25,27-29,31,33-35,37,39-44H2,1-2H3,(H2,50,51,52)/b8-6-,13-11-,14-12-,19-17-,20-18-,26-24-,32-30-,38-36-. The van der Waals surface area contributed by atoms with Crippen LogP contribution in [-0.4, -0.2) is 41.0 Å². The van der Waals surface area contributed by atoms with Gasteiger partial charge in [-0.25, -0.2) is 4.57 Å². The molecule has 2 N–H and O–H groups in total. The Bertz CT molecular complexity index is 1220. The van der Waals surface area contributed by atoms with Crippen molar-refractivity contribution in [1.82, 2.24) is 0 Å². The molecular weight excluding hydrogens is 723 g/mol. The number of unbranched alkanes of at least 4 members (excludes halogenated alkanes) is 12. The quantitative estimate of drug-likeness (QED) is 0.0274. The highest BCUT2D eigenvalue weighted by Crippen LogP contribution is 2.36. The lowest BCUT2D eigenvalue weighted by molar-refractivity contribution is -0.161. The van der Waals surface area contributed by atoms with Gasteiger partial charge >= 0.3 is 19.8 Å². The van der Waals surface area contributed by atoms with Crippen LogP contribution < -0.4 is 0 Å². The molecule has 0 spiro atoms. The van der Waals surface area contributed by atoms with Crippen LogP contribution in [-0.2, 0) is 28.2 Å². The van der Waals surface area contributed by atoms with Gasteiger partial charge in [-0.1, -0.05) is 169 Å². The van der Waals surface area contributed by atoms with Gasteiger partial charge in [-0.2, -0.15) is 0 Å². The molecule has 0 aromatic rings. The highest BCUT2D eigenvalue weighted by Gasteiger charge is 2.22. The third-order valence-electron chi connectivity index (χ3n) is 8.60. The van der Waals surface area contributed by atoms with E-state index in [0.29, 0.717) is 12.8 Å². The summed E-state index contributed by atoms with van der Waals surface area (Å²) in [5, 5.41) is 0. The van der Waals surface area contributed by atoms with Crippen LogP contribution in [0.4, 0.5) is 0 Å². The Labute approximate surface area is 341 Å². The second-order valence-corrected chi connectivity index (χ2v) is 15.2. The summed E-state index contributed by atoms with van der Waals surface area (Å²) in [7, 11) is -4.78. The first-order valence-electron chi connectivity index (χ1n) is 21.5. The molecule has 1 atom stereocenters. The average Bonchev–Trinajstić information content (AvgIpc) is 3.17. The Hall–Kier alpha value is -3.03. The molecule has 0 saturated heterocycles. The van der Waals surface area contributed by atoms with Crippen molar-refractivity contribution in [3.05, 3.63) is 97.2 Å². The third-order valence-corrected chi connectivity index (χ3v) is 9.09. The number of ether oxygens (including phenoxy) is 2. The van der Waals surface area contributed by atoms with Gasteiger partial charge < -0.3 is 19.3 Å². The lowest BCUT2D eigenvalue weighted by Gasteiger charge is -2.18. The van der Waals surface area contributed by atoms with Crippen LogP contribution in [0.15, 0.2) is 97.2 Å². The van der Waals surface area contributed by atoms with Crippen molar-refractivity contribution < 1.29 is 37.9 Å².